The maximum Gasteiger partial charge on any atom is 0.237 e. The molecular formula is C15H32N2O. The van der Waals surface area contributed by atoms with Gasteiger partial charge in [0.15, 0.2) is 0 Å². The van der Waals surface area contributed by atoms with Crippen molar-refractivity contribution in [2.24, 2.45) is 5.92 Å². The van der Waals surface area contributed by atoms with Gasteiger partial charge in [-0.25, -0.2) is 0 Å². The van der Waals surface area contributed by atoms with Crippen molar-refractivity contribution in [2.45, 2.75) is 85.4 Å². The molecule has 18 heavy (non-hydrogen) atoms. The number of carbonyl (C=O) groups excluding carboxylic acids is 1. The molecule has 0 aliphatic rings. The van der Waals surface area contributed by atoms with Crippen LogP contribution in [0.3, 0.4) is 0 Å². The first kappa shape index (κ1) is 17.4. The number of carbonyl (C=O) groups is 1. The molecule has 0 bridgehead atoms. The molecule has 0 saturated heterocycles. The van der Waals surface area contributed by atoms with Crippen molar-refractivity contribution in [1.82, 2.24) is 10.6 Å². The Balaban J connectivity index is 4.25. The second-order valence-corrected chi connectivity index (χ2v) is 6.48. The van der Waals surface area contributed by atoms with Crippen molar-refractivity contribution in [1.29, 1.82) is 0 Å². The fourth-order valence-corrected chi connectivity index (χ4v) is 1.91. The third kappa shape index (κ3) is 7.70. The Morgan fingerprint density at radius 2 is 1.67 bits per heavy atom. The summed E-state index contributed by atoms with van der Waals surface area (Å²) in [5, 5.41) is 6.46. The molecule has 0 fully saturated rings. The summed E-state index contributed by atoms with van der Waals surface area (Å²) >= 11 is 0. The van der Waals surface area contributed by atoms with Crippen LogP contribution >= 0.6 is 0 Å². The van der Waals surface area contributed by atoms with Crippen LogP contribution in [0, 0.1) is 5.92 Å². The van der Waals surface area contributed by atoms with Crippen LogP contribution in [0.1, 0.15) is 67.7 Å². The summed E-state index contributed by atoms with van der Waals surface area (Å²) in [6.07, 6.45) is 3.40. The van der Waals surface area contributed by atoms with Gasteiger partial charge in [-0.1, -0.05) is 27.2 Å². The molecule has 3 nitrogen and oxygen atoms in total. The maximum atomic E-state index is 12.0. The highest BCUT2D eigenvalue weighted by Gasteiger charge is 2.21. The smallest absolute Gasteiger partial charge is 0.237 e. The largest absolute Gasteiger partial charge is 0.350 e. The summed E-state index contributed by atoms with van der Waals surface area (Å²) in [5.41, 5.74) is -0.161. The summed E-state index contributed by atoms with van der Waals surface area (Å²) < 4.78 is 0. The van der Waals surface area contributed by atoms with Crippen LogP contribution in [0.4, 0.5) is 0 Å². The highest BCUT2D eigenvalue weighted by atomic mass is 16.2. The Hall–Kier alpha value is -0.570. The number of hydrogen-bond acceptors (Lipinski definition) is 2. The molecule has 0 spiro atoms. The Bertz CT molecular complexity index is 245. The normalized spacial score (nSPS) is 17.1. The van der Waals surface area contributed by atoms with Gasteiger partial charge in [-0.3, -0.25) is 4.79 Å². The zero-order valence-electron chi connectivity index (χ0n) is 13.3. The van der Waals surface area contributed by atoms with Gasteiger partial charge in [-0.2, -0.15) is 0 Å². The van der Waals surface area contributed by atoms with E-state index in [4.69, 9.17) is 0 Å². The Morgan fingerprint density at radius 3 is 2.06 bits per heavy atom. The monoisotopic (exact) mass is 256 g/mol. The molecule has 0 saturated carbocycles. The van der Waals surface area contributed by atoms with Crippen molar-refractivity contribution in [2.75, 3.05) is 0 Å². The summed E-state index contributed by atoms with van der Waals surface area (Å²) in [5.74, 6) is 0.797. The summed E-state index contributed by atoms with van der Waals surface area (Å²) in [4.78, 5) is 12.0. The number of nitrogens with one attached hydrogen (secondary N) is 2. The van der Waals surface area contributed by atoms with E-state index >= 15 is 0 Å². The predicted molar refractivity (Wildman–Crippen MR) is 78.6 cm³/mol. The molecular weight excluding hydrogens is 224 g/mol. The summed E-state index contributed by atoms with van der Waals surface area (Å²) in [7, 11) is 0. The number of amides is 1. The van der Waals surface area contributed by atoms with Crippen molar-refractivity contribution < 1.29 is 4.79 Å². The van der Waals surface area contributed by atoms with E-state index < -0.39 is 0 Å². The molecule has 0 aromatic carbocycles. The Morgan fingerprint density at radius 1 is 1.11 bits per heavy atom. The first-order chi connectivity index (χ1) is 8.19. The van der Waals surface area contributed by atoms with Crippen LogP contribution in [0.2, 0.25) is 0 Å². The molecule has 108 valence electrons. The average molecular weight is 256 g/mol. The molecule has 3 unspecified atom stereocenters. The molecule has 3 heteroatoms. The Kier molecular flexibility index (Phi) is 7.53. The minimum Gasteiger partial charge on any atom is -0.350 e. The second kappa shape index (κ2) is 7.78. The molecule has 1 amide bonds. The Labute approximate surface area is 113 Å². The van der Waals surface area contributed by atoms with Crippen molar-refractivity contribution in [3.8, 4) is 0 Å². The van der Waals surface area contributed by atoms with Gasteiger partial charge in [-0.05, 0) is 46.5 Å². The van der Waals surface area contributed by atoms with Gasteiger partial charge >= 0.3 is 0 Å². The van der Waals surface area contributed by atoms with E-state index in [0.717, 1.165) is 12.8 Å². The second-order valence-electron chi connectivity index (χ2n) is 6.48. The molecule has 0 rings (SSSR count). The average Bonchev–Trinajstić information content (AvgIpc) is 2.25. The lowest BCUT2D eigenvalue weighted by Gasteiger charge is -2.27. The van der Waals surface area contributed by atoms with Crippen LogP contribution in [-0.2, 0) is 4.79 Å². The van der Waals surface area contributed by atoms with E-state index in [9.17, 15) is 4.79 Å². The lowest BCUT2D eigenvalue weighted by molar-refractivity contribution is -0.124. The van der Waals surface area contributed by atoms with Crippen LogP contribution in [0.5, 0.6) is 0 Å². The molecule has 0 aromatic heterocycles. The molecule has 3 atom stereocenters. The van der Waals surface area contributed by atoms with E-state index in [0.29, 0.717) is 12.0 Å². The van der Waals surface area contributed by atoms with Gasteiger partial charge in [0, 0.05) is 11.6 Å². The highest BCUT2D eigenvalue weighted by Crippen LogP contribution is 2.12. The van der Waals surface area contributed by atoms with Crippen molar-refractivity contribution in [3.63, 3.8) is 0 Å². The zero-order valence-corrected chi connectivity index (χ0v) is 13.3. The van der Waals surface area contributed by atoms with Crippen molar-refractivity contribution in [3.05, 3.63) is 0 Å². The molecule has 0 aromatic rings. The predicted octanol–water partition coefficient (Wildman–Crippen LogP) is 3.09. The van der Waals surface area contributed by atoms with Crippen molar-refractivity contribution >= 4 is 5.91 Å². The molecule has 0 radical (unpaired) electrons. The first-order valence-electron chi connectivity index (χ1n) is 7.27. The van der Waals surface area contributed by atoms with Crippen LogP contribution in [0.25, 0.3) is 0 Å². The van der Waals surface area contributed by atoms with E-state index in [1.165, 1.54) is 6.42 Å². The molecule has 2 N–H and O–H groups in total. The third-order valence-electron chi connectivity index (χ3n) is 3.25. The number of rotatable bonds is 7. The zero-order chi connectivity index (χ0) is 14.3. The SMILES string of the molecule is CCC(C)CC(CC)NC(C)C(=O)NC(C)(C)C. The molecule has 0 aliphatic carbocycles. The minimum atomic E-state index is -0.161. The number of hydrogen-bond donors (Lipinski definition) is 2. The van der Waals surface area contributed by atoms with E-state index in [1.807, 2.05) is 27.7 Å². The minimum absolute atomic E-state index is 0.0881. The topological polar surface area (TPSA) is 41.1 Å². The van der Waals surface area contributed by atoms with Gasteiger partial charge in [0.2, 0.25) is 5.91 Å². The van der Waals surface area contributed by atoms with Crippen LogP contribution in [0.15, 0.2) is 0 Å². The summed E-state index contributed by atoms with van der Waals surface area (Å²) in [6.45, 7) is 14.6. The van der Waals surface area contributed by atoms with Crippen LogP contribution in [-0.4, -0.2) is 23.5 Å². The quantitative estimate of drug-likeness (QED) is 0.735. The van der Waals surface area contributed by atoms with Gasteiger partial charge in [-0.15, -0.1) is 0 Å². The summed E-state index contributed by atoms with van der Waals surface area (Å²) in [6, 6.07) is 0.305. The fraction of sp³-hybridized carbons (Fsp3) is 0.933. The molecule has 0 heterocycles. The van der Waals surface area contributed by atoms with Gasteiger partial charge in [0.05, 0.1) is 6.04 Å². The standard InChI is InChI=1S/C15H32N2O/c1-8-11(3)10-13(9-2)16-12(4)14(18)17-15(5,6)7/h11-13,16H,8-10H2,1-7H3,(H,17,18). The van der Waals surface area contributed by atoms with Gasteiger partial charge in [0.1, 0.15) is 0 Å². The fourth-order valence-electron chi connectivity index (χ4n) is 1.91. The van der Waals surface area contributed by atoms with E-state index in [1.54, 1.807) is 0 Å². The first-order valence-corrected chi connectivity index (χ1v) is 7.27. The lowest BCUT2D eigenvalue weighted by atomic mass is 9.97. The van der Waals surface area contributed by atoms with Crippen LogP contribution < -0.4 is 10.6 Å². The highest BCUT2D eigenvalue weighted by molar-refractivity contribution is 5.81. The van der Waals surface area contributed by atoms with Gasteiger partial charge < -0.3 is 10.6 Å². The molecule has 0 aliphatic heterocycles. The maximum absolute atomic E-state index is 12.0. The van der Waals surface area contributed by atoms with E-state index in [2.05, 4.69) is 31.4 Å². The third-order valence-corrected chi connectivity index (χ3v) is 3.25. The lowest BCUT2D eigenvalue weighted by Crippen LogP contribution is -2.51. The van der Waals surface area contributed by atoms with Gasteiger partial charge in [0.25, 0.3) is 0 Å². The van der Waals surface area contributed by atoms with E-state index in [-0.39, 0.29) is 17.5 Å².